The Morgan fingerprint density at radius 2 is 1.81 bits per heavy atom. The van der Waals surface area contributed by atoms with E-state index >= 15 is 0 Å². The second-order valence-corrected chi connectivity index (χ2v) is 4.74. The van der Waals surface area contributed by atoms with Crippen LogP contribution in [0.25, 0.3) is 0 Å². The van der Waals surface area contributed by atoms with E-state index in [4.69, 9.17) is 5.26 Å². The molecule has 106 valence electrons. The third-order valence-corrected chi connectivity index (χ3v) is 3.17. The van der Waals surface area contributed by atoms with Crippen LogP contribution in [0.1, 0.15) is 12.0 Å². The minimum atomic E-state index is -0.0394. The van der Waals surface area contributed by atoms with E-state index in [1.165, 1.54) is 0 Å². The van der Waals surface area contributed by atoms with Crippen LogP contribution in [-0.2, 0) is 4.79 Å². The molecule has 21 heavy (non-hydrogen) atoms. The number of nitriles is 1. The molecule has 0 fully saturated rings. The lowest BCUT2D eigenvalue weighted by atomic mass is 10.2. The molecule has 0 aliphatic heterocycles. The van der Waals surface area contributed by atoms with E-state index < -0.39 is 0 Å². The van der Waals surface area contributed by atoms with Crippen LogP contribution in [-0.4, -0.2) is 19.5 Å². The highest BCUT2D eigenvalue weighted by molar-refractivity contribution is 5.91. The first-order valence-corrected chi connectivity index (χ1v) is 6.75. The molecule has 2 rings (SSSR count). The second-order valence-electron chi connectivity index (χ2n) is 4.74. The Labute approximate surface area is 124 Å². The number of carbonyl (C=O) groups excluding carboxylic acids is 1. The summed E-state index contributed by atoms with van der Waals surface area (Å²) in [5.74, 6) is -0.0394. The van der Waals surface area contributed by atoms with Gasteiger partial charge in [-0.25, -0.2) is 0 Å². The summed E-state index contributed by atoms with van der Waals surface area (Å²) in [6.45, 7) is 0.645. The molecule has 0 aliphatic carbocycles. The van der Waals surface area contributed by atoms with Crippen LogP contribution in [0.2, 0.25) is 0 Å². The predicted octanol–water partition coefficient (Wildman–Crippen LogP) is 3.02. The molecular weight excluding hydrogens is 262 g/mol. The standard InChI is InChI=1S/C17H17N3O/c1-20(16-5-3-2-4-6-16)12-11-17(21)19-15-9-7-14(13-18)8-10-15/h2-10H,11-12H2,1H3,(H,19,21). The molecule has 0 bridgehead atoms. The highest BCUT2D eigenvalue weighted by atomic mass is 16.1. The van der Waals surface area contributed by atoms with Crippen molar-refractivity contribution in [1.82, 2.24) is 0 Å². The average Bonchev–Trinajstić information content (AvgIpc) is 2.54. The van der Waals surface area contributed by atoms with Gasteiger partial charge >= 0.3 is 0 Å². The summed E-state index contributed by atoms with van der Waals surface area (Å²) in [5.41, 5.74) is 2.38. The number of nitrogens with zero attached hydrogens (tertiary/aromatic N) is 2. The molecule has 0 saturated heterocycles. The lowest BCUT2D eigenvalue weighted by molar-refractivity contribution is -0.116. The number of nitrogens with one attached hydrogen (secondary N) is 1. The average molecular weight is 279 g/mol. The first-order chi connectivity index (χ1) is 10.2. The molecule has 0 unspecified atom stereocenters. The maximum Gasteiger partial charge on any atom is 0.226 e. The Morgan fingerprint density at radius 3 is 2.43 bits per heavy atom. The van der Waals surface area contributed by atoms with Crippen molar-refractivity contribution in [1.29, 1.82) is 5.26 Å². The smallest absolute Gasteiger partial charge is 0.226 e. The quantitative estimate of drug-likeness (QED) is 0.915. The van der Waals surface area contributed by atoms with Gasteiger partial charge in [-0.3, -0.25) is 4.79 Å². The van der Waals surface area contributed by atoms with Crippen molar-refractivity contribution >= 4 is 17.3 Å². The van der Waals surface area contributed by atoms with Gasteiger partial charge in [-0.15, -0.1) is 0 Å². The molecule has 0 atom stereocenters. The molecule has 0 saturated carbocycles. The van der Waals surface area contributed by atoms with Gasteiger partial charge < -0.3 is 10.2 Å². The van der Waals surface area contributed by atoms with Crippen molar-refractivity contribution < 1.29 is 4.79 Å². The lowest BCUT2D eigenvalue weighted by Crippen LogP contribution is -2.23. The number of rotatable bonds is 5. The fourth-order valence-corrected chi connectivity index (χ4v) is 1.93. The molecule has 0 heterocycles. The molecule has 2 aromatic rings. The Kier molecular flexibility index (Phi) is 4.94. The van der Waals surface area contributed by atoms with Crippen molar-refractivity contribution in [3.8, 4) is 6.07 Å². The second kappa shape index (κ2) is 7.11. The molecule has 0 radical (unpaired) electrons. The molecule has 0 aromatic heterocycles. The van der Waals surface area contributed by atoms with E-state index in [1.54, 1.807) is 24.3 Å². The molecular formula is C17H17N3O. The third-order valence-electron chi connectivity index (χ3n) is 3.17. The van der Waals surface area contributed by atoms with Gasteiger partial charge in [0.2, 0.25) is 5.91 Å². The zero-order valence-electron chi connectivity index (χ0n) is 11.9. The Balaban J connectivity index is 1.83. The van der Waals surface area contributed by atoms with E-state index in [0.29, 0.717) is 24.2 Å². The maximum atomic E-state index is 11.9. The molecule has 1 amide bonds. The summed E-state index contributed by atoms with van der Waals surface area (Å²) in [6.07, 6.45) is 0.408. The van der Waals surface area contributed by atoms with Gasteiger partial charge in [-0.05, 0) is 36.4 Å². The van der Waals surface area contributed by atoms with E-state index in [1.807, 2.05) is 48.3 Å². The van der Waals surface area contributed by atoms with Crippen molar-refractivity contribution in [2.24, 2.45) is 0 Å². The van der Waals surface area contributed by atoms with Crippen molar-refractivity contribution in [3.05, 3.63) is 60.2 Å². The first kappa shape index (κ1) is 14.6. The first-order valence-electron chi connectivity index (χ1n) is 6.75. The molecule has 4 heteroatoms. The van der Waals surface area contributed by atoms with Crippen LogP contribution < -0.4 is 10.2 Å². The number of hydrogen-bond acceptors (Lipinski definition) is 3. The number of benzene rings is 2. The molecule has 1 N–H and O–H groups in total. The summed E-state index contributed by atoms with van der Waals surface area (Å²) >= 11 is 0. The van der Waals surface area contributed by atoms with Gasteiger partial charge in [0.15, 0.2) is 0 Å². The van der Waals surface area contributed by atoms with E-state index in [2.05, 4.69) is 5.32 Å². The fraction of sp³-hybridized carbons (Fsp3) is 0.176. The summed E-state index contributed by atoms with van der Waals surface area (Å²) in [6, 6.07) is 18.8. The van der Waals surface area contributed by atoms with E-state index in [9.17, 15) is 4.79 Å². The van der Waals surface area contributed by atoms with Crippen molar-refractivity contribution in [3.63, 3.8) is 0 Å². The number of hydrogen-bond donors (Lipinski definition) is 1. The van der Waals surface area contributed by atoms with Crippen molar-refractivity contribution in [2.45, 2.75) is 6.42 Å². The third kappa shape index (κ3) is 4.36. The topological polar surface area (TPSA) is 56.1 Å². The van der Waals surface area contributed by atoms with Crippen LogP contribution in [0, 0.1) is 11.3 Å². The minimum Gasteiger partial charge on any atom is -0.374 e. The van der Waals surface area contributed by atoms with Gasteiger partial charge in [-0.1, -0.05) is 18.2 Å². The van der Waals surface area contributed by atoms with Gasteiger partial charge in [0.05, 0.1) is 11.6 Å². The van der Waals surface area contributed by atoms with Gasteiger partial charge in [-0.2, -0.15) is 5.26 Å². The molecule has 2 aromatic carbocycles. The Morgan fingerprint density at radius 1 is 1.14 bits per heavy atom. The Bertz CT molecular complexity index is 629. The number of amides is 1. The Hall–Kier alpha value is -2.80. The van der Waals surface area contributed by atoms with Crippen molar-refractivity contribution in [2.75, 3.05) is 23.8 Å². The molecule has 4 nitrogen and oxygen atoms in total. The normalized spacial score (nSPS) is 9.71. The monoisotopic (exact) mass is 279 g/mol. The van der Waals surface area contributed by atoms with E-state index in [-0.39, 0.29) is 5.91 Å². The zero-order valence-corrected chi connectivity index (χ0v) is 11.9. The predicted molar refractivity (Wildman–Crippen MR) is 84.1 cm³/mol. The molecule has 0 aliphatic rings. The highest BCUT2D eigenvalue weighted by Gasteiger charge is 2.05. The van der Waals surface area contributed by atoms with E-state index in [0.717, 1.165) is 5.69 Å². The van der Waals surface area contributed by atoms with Crippen LogP contribution >= 0.6 is 0 Å². The number of para-hydroxylation sites is 1. The van der Waals surface area contributed by atoms with Crippen LogP contribution in [0.4, 0.5) is 11.4 Å². The van der Waals surface area contributed by atoms with Crippen LogP contribution in [0.15, 0.2) is 54.6 Å². The minimum absolute atomic E-state index is 0.0394. The number of carbonyl (C=O) groups is 1. The number of anilines is 2. The maximum absolute atomic E-state index is 11.9. The van der Waals surface area contributed by atoms with Crippen LogP contribution in [0.3, 0.4) is 0 Å². The van der Waals surface area contributed by atoms with Gasteiger partial charge in [0.1, 0.15) is 0 Å². The zero-order chi connectivity index (χ0) is 15.1. The lowest BCUT2D eigenvalue weighted by Gasteiger charge is -2.18. The van der Waals surface area contributed by atoms with Gasteiger partial charge in [0.25, 0.3) is 0 Å². The SMILES string of the molecule is CN(CCC(=O)Nc1ccc(C#N)cc1)c1ccccc1. The highest BCUT2D eigenvalue weighted by Crippen LogP contribution is 2.12. The van der Waals surface area contributed by atoms with Crippen LogP contribution in [0.5, 0.6) is 0 Å². The summed E-state index contributed by atoms with van der Waals surface area (Å²) in [4.78, 5) is 13.9. The fourth-order valence-electron chi connectivity index (χ4n) is 1.93. The molecule has 0 spiro atoms. The summed E-state index contributed by atoms with van der Waals surface area (Å²) in [7, 11) is 1.96. The summed E-state index contributed by atoms with van der Waals surface area (Å²) < 4.78 is 0. The summed E-state index contributed by atoms with van der Waals surface area (Å²) in [5, 5.41) is 11.5. The largest absolute Gasteiger partial charge is 0.374 e. The van der Waals surface area contributed by atoms with Gasteiger partial charge in [0, 0.05) is 31.4 Å².